The number of nitrogens with zero attached hydrogens (tertiary/aromatic N) is 1. The second kappa shape index (κ2) is 11.6. The first-order valence-electron chi connectivity index (χ1n) is 14.5. The van der Waals surface area contributed by atoms with Crippen LogP contribution in [0.2, 0.25) is 0 Å². The first-order chi connectivity index (χ1) is 19.7. The number of fused-ring (bicyclic) bond motifs is 3. The summed E-state index contributed by atoms with van der Waals surface area (Å²) in [5, 5.41) is 0. The van der Waals surface area contributed by atoms with Crippen molar-refractivity contribution in [3.63, 3.8) is 0 Å². The van der Waals surface area contributed by atoms with Gasteiger partial charge < -0.3 is 4.74 Å². The van der Waals surface area contributed by atoms with Crippen LogP contribution in [0.1, 0.15) is 67.2 Å². The first-order valence-corrected chi connectivity index (χ1v) is 15.3. The van der Waals surface area contributed by atoms with Gasteiger partial charge in [0.1, 0.15) is 24.0 Å². The molecule has 2 unspecified atom stereocenters. The number of aryl methyl sites for hydroxylation is 1. The van der Waals surface area contributed by atoms with Crippen molar-refractivity contribution in [2.24, 2.45) is 5.92 Å². The van der Waals surface area contributed by atoms with Crippen molar-refractivity contribution >= 4 is 11.8 Å². The number of halogens is 5. The topological polar surface area (TPSA) is 12.5 Å². The summed E-state index contributed by atoms with van der Waals surface area (Å²) in [5.74, 6) is -0.0347. The van der Waals surface area contributed by atoms with Gasteiger partial charge in [-0.3, -0.25) is 4.90 Å². The highest BCUT2D eigenvalue weighted by atomic mass is 32.2. The summed E-state index contributed by atoms with van der Waals surface area (Å²) in [4.78, 5) is 3.69. The summed E-state index contributed by atoms with van der Waals surface area (Å²) >= 11 is 1.80. The monoisotopic (exact) mass is 587 g/mol. The number of alkyl halides is 3. The molecule has 1 saturated heterocycles. The lowest BCUT2D eigenvalue weighted by atomic mass is 9.78. The Morgan fingerprint density at radius 3 is 2.46 bits per heavy atom. The third kappa shape index (κ3) is 5.87. The smallest absolute Gasteiger partial charge is 0.416 e. The van der Waals surface area contributed by atoms with Crippen molar-refractivity contribution in [3.05, 3.63) is 94.6 Å². The van der Waals surface area contributed by atoms with E-state index in [4.69, 9.17) is 4.74 Å². The zero-order chi connectivity index (χ0) is 28.6. The van der Waals surface area contributed by atoms with E-state index in [1.165, 1.54) is 49.8 Å². The van der Waals surface area contributed by atoms with E-state index in [0.717, 1.165) is 66.9 Å². The van der Waals surface area contributed by atoms with Crippen molar-refractivity contribution < 1.29 is 26.7 Å². The lowest BCUT2D eigenvalue weighted by Crippen LogP contribution is -2.45. The SMILES string of the molecule is Fc1ccc(SC23CCN(CC4CCCCC4)C2CCc2cc(OCc4c(F)cccc4C(F)(F)F)ccc23)cc1. The van der Waals surface area contributed by atoms with Gasteiger partial charge in [0.25, 0.3) is 0 Å². The van der Waals surface area contributed by atoms with Gasteiger partial charge in [0, 0.05) is 29.6 Å². The second-order valence-corrected chi connectivity index (χ2v) is 13.0. The summed E-state index contributed by atoms with van der Waals surface area (Å²) in [6.45, 7) is 1.60. The predicted octanol–water partition coefficient (Wildman–Crippen LogP) is 9.15. The van der Waals surface area contributed by atoms with Gasteiger partial charge in [-0.25, -0.2) is 8.78 Å². The van der Waals surface area contributed by atoms with Crippen molar-refractivity contribution in [2.45, 2.75) is 79.8 Å². The second-order valence-electron chi connectivity index (χ2n) is 11.6. The summed E-state index contributed by atoms with van der Waals surface area (Å²) < 4.78 is 74.1. The zero-order valence-corrected chi connectivity index (χ0v) is 23.7. The summed E-state index contributed by atoms with van der Waals surface area (Å²) in [6.07, 6.45) is 4.61. The fourth-order valence-corrected chi connectivity index (χ4v) is 8.76. The molecule has 8 heteroatoms. The maximum atomic E-state index is 14.4. The number of thioether (sulfide) groups is 1. The molecule has 41 heavy (non-hydrogen) atoms. The minimum atomic E-state index is -4.67. The fraction of sp³-hybridized carbons (Fsp3) is 0.455. The van der Waals surface area contributed by atoms with Crippen molar-refractivity contribution in [2.75, 3.05) is 13.1 Å². The lowest BCUT2D eigenvalue weighted by molar-refractivity contribution is -0.138. The fourth-order valence-electron chi connectivity index (χ4n) is 7.16. The Bertz CT molecular complexity index is 1370. The minimum absolute atomic E-state index is 0.215. The molecule has 6 rings (SSSR count). The van der Waals surface area contributed by atoms with Gasteiger partial charge in [-0.1, -0.05) is 31.4 Å². The summed E-state index contributed by atoms with van der Waals surface area (Å²) in [5.41, 5.74) is 0.813. The third-order valence-electron chi connectivity index (χ3n) is 9.11. The van der Waals surface area contributed by atoms with E-state index in [1.54, 1.807) is 17.8 Å². The Morgan fingerprint density at radius 2 is 1.71 bits per heavy atom. The highest BCUT2D eigenvalue weighted by Crippen LogP contribution is 2.57. The van der Waals surface area contributed by atoms with Crippen LogP contribution >= 0.6 is 11.8 Å². The molecule has 0 N–H and O–H groups in total. The number of rotatable bonds is 7. The Kier molecular flexibility index (Phi) is 8.07. The quantitative estimate of drug-likeness (QED) is 0.256. The Balaban J connectivity index is 1.28. The van der Waals surface area contributed by atoms with Gasteiger partial charge in [-0.05, 0) is 97.7 Å². The maximum absolute atomic E-state index is 14.4. The highest BCUT2D eigenvalue weighted by Gasteiger charge is 2.52. The van der Waals surface area contributed by atoms with Crippen LogP contribution in [0, 0.1) is 17.6 Å². The Morgan fingerprint density at radius 1 is 0.927 bits per heavy atom. The van der Waals surface area contributed by atoms with Crippen LogP contribution in [-0.4, -0.2) is 24.0 Å². The molecular weight excluding hydrogens is 553 g/mol. The van der Waals surface area contributed by atoms with Crippen LogP contribution < -0.4 is 4.74 Å². The number of hydrogen-bond donors (Lipinski definition) is 0. The van der Waals surface area contributed by atoms with Crippen LogP contribution in [0.15, 0.2) is 65.6 Å². The Hall–Kier alpha value is -2.58. The molecule has 2 nitrogen and oxygen atoms in total. The van der Waals surface area contributed by atoms with Gasteiger partial charge in [0.05, 0.1) is 10.3 Å². The average molecular weight is 588 g/mol. The summed E-state index contributed by atoms with van der Waals surface area (Å²) in [7, 11) is 0. The van der Waals surface area contributed by atoms with E-state index >= 15 is 0 Å². The van der Waals surface area contributed by atoms with Crippen molar-refractivity contribution in [1.82, 2.24) is 4.90 Å². The van der Waals surface area contributed by atoms with Gasteiger partial charge in [-0.15, -0.1) is 11.8 Å². The molecule has 2 fully saturated rings. The first kappa shape index (κ1) is 28.5. The number of ether oxygens (including phenoxy) is 1. The lowest BCUT2D eigenvalue weighted by Gasteiger charge is -2.44. The van der Waals surface area contributed by atoms with E-state index in [-0.39, 0.29) is 10.6 Å². The number of benzene rings is 3. The van der Waals surface area contributed by atoms with Crippen LogP contribution in [-0.2, 0) is 24.0 Å². The average Bonchev–Trinajstić information content (AvgIpc) is 3.31. The van der Waals surface area contributed by atoms with Gasteiger partial charge in [0.2, 0.25) is 0 Å². The molecule has 3 aromatic rings. The molecule has 2 aliphatic carbocycles. The molecule has 218 valence electrons. The maximum Gasteiger partial charge on any atom is 0.416 e. The van der Waals surface area contributed by atoms with Crippen LogP contribution in [0.4, 0.5) is 22.0 Å². The molecule has 1 saturated carbocycles. The third-order valence-corrected chi connectivity index (χ3v) is 10.7. The molecule has 3 aromatic carbocycles. The predicted molar refractivity (Wildman–Crippen MR) is 151 cm³/mol. The van der Waals surface area contributed by atoms with E-state index in [0.29, 0.717) is 11.8 Å². The number of likely N-dealkylation sites (tertiary alicyclic amines) is 1. The van der Waals surface area contributed by atoms with E-state index in [1.807, 2.05) is 24.3 Å². The van der Waals surface area contributed by atoms with Gasteiger partial charge >= 0.3 is 6.18 Å². The molecule has 0 bridgehead atoms. The van der Waals surface area contributed by atoms with Gasteiger partial charge in [-0.2, -0.15) is 13.2 Å². The van der Waals surface area contributed by atoms with E-state index in [2.05, 4.69) is 4.90 Å². The standard InChI is InChI=1S/C33H34F5NOS/c34-24-10-13-26(14-11-24)41-32-17-18-39(20-22-5-2-1-3-6-22)31(32)16-9-23-19-25(12-15-28(23)32)40-21-27-29(33(36,37)38)7-4-8-30(27)35/h4,7-8,10-15,19,22,31H,1-3,5-6,9,16-18,20-21H2. The number of hydrogen-bond acceptors (Lipinski definition) is 3. The Labute approximate surface area is 242 Å². The molecule has 3 aliphatic rings. The molecular formula is C33H34F5NOS. The molecule has 1 heterocycles. The minimum Gasteiger partial charge on any atom is -0.489 e. The van der Waals surface area contributed by atoms with Crippen molar-refractivity contribution in [1.29, 1.82) is 0 Å². The van der Waals surface area contributed by atoms with Crippen molar-refractivity contribution in [3.8, 4) is 5.75 Å². The molecule has 0 amide bonds. The van der Waals surface area contributed by atoms with E-state index in [9.17, 15) is 22.0 Å². The van der Waals surface area contributed by atoms with Crippen LogP contribution in [0.3, 0.4) is 0 Å². The highest BCUT2D eigenvalue weighted by molar-refractivity contribution is 8.00. The zero-order valence-electron chi connectivity index (χ0n) is 22.9. The van der Waals surface area contributed by atoms with E-state index < -0.39 is 29.7 Å². The molecule has 0 spiro atoms. The van der Waals surface area contributed by atoms with Crippen LogP contribution in [0.25, 0.3) is 0 Å². The molecule has 2 atom stereocenters. The van der Waals surface area contributed by atoms with Gasteiger partial charge in [0.15, 0.2) is 0 Å². The van der Waals surface area contributed by atoms with Crippen LogP contribution in [0.5, 0.6) is 5.75 Å². The normalized spacial score (nSPS) is 23.3. The molecule has 0 radical (unpaired) electrons. The largest absolute Gasteiger partial charge is 0.489 e. The molecule has 0 aromatic heterocycles. The summed E-state index contributed by atoms with van der Waals surface area (Å²) in [6, 6.07) is 15.7. The molecule has 1 aliphatic heterocycles.